The SMILES string of the molecule is CN(C)[C@H]1COCCO1. The van der Waals surface area contributed by atoms with Gasteiger partial charge in [-0.1, -0.05) is 0 Å². The fraction of sp³-hybridized carbons (Fsp3) is 1.00. The van der Waals surface area contributed by atoms with Gasteiger partial charge in [0.15, 0.2) is 0 Å². The molecule has 0 amide bonds. The zero-order valence-corrected chi connectivity index (χ0v) is 5.96. The Morgan fingerprint density at radius 3 is 2.44 bits per heavy atom. The van der Waals surface area contributed by atoms with Crippen LogP contribution in [0.5, 0.6) is 0 Å². The maximum Gasteiger partial charge on any atom is 0.133 e. The monoisotopic (exact) mass is 131 g/mol. The van der Waals surface area contributed by atoms with Crippen LogP contribution in [-0.4, -0.2) is 45.0 Å². The minimum atomic E-state index is 0.166. The molecule has 1 aliphatic heterocycles. The Morgan fingerprint density at radius 1 is 1.33 bits per heavy atom. The van der Waals surface area contributed by atoms with Crippen molar-refractivity contribution in [1.29, 1.82) is 0 Å². The van der Waals surface area contributed by atoms with Crippen molar-refractivity contribution in [1.82, 2.24) is 4.90 Å². The molecule has 0 unspecified atom stereocenters. The largest absolute Gasteiger partial charge is 0.375 e. The molecule has 54 valence electrons. The highest BCUT2D eigenvalue weighted by Crippen LogP contribution is 2.01. The highest BCUT2D eigenvalue weighted by atomic mass is 16.6. The third kappa shape index (κ3) is 1.93. The molecule has 0 N–H and O–H groups in total. The van der Waals surface area contributed by atoms with Crippen LogP contribution in [0.1, 0.15) is 0 Å². The Balaban J connectivity index is 2.23. The van der Waals surface area contributed by atoms with E-state index in [4.69, 9.17) is 9.47 Å². The van der Waals surface area contributed by atoms with Crippen molar-refractivity contribution in [2.24, 2.45) is 0 Å². The molecule has 0 saturated carbocycles. The van der Waals surface area contributed by atoms with Crippen LogP contribution in [-0.2, 0) is 9.47 Å². The zero-order valence-electron chi connectivity index (χ0n) is 5.96. The van der Waals surface area contributed by atoms with Gasteiger partial charge in [-0.15, -0.1) is 0 Å². The first-order chi connectivity index (χ1) is 4.30. The summed E-state index contributed by atoms with van der Waals surface area (Å²) in [6, 6.07) is 0. The van der Waals surface area contributed by atoms with Gasteiger partial charge in [-0.25, -0.2) is 0 Å². The van der Waals surface area contributed by atoms with Gasteiger partial charge >= 0.3 is 0 Å². The molecule has 0 aromatic rings. The van der Waals surface area contributed by atoms with Crippen LogP contribution in [0.25, 0.3) is 0 Å². The molecule has 0 radical (unpaired) electrons. The average Bonchev–Trinajstić information content (AvgIpc) is 1.90. The van der Waals surface area contributed by atoms with E-state index in [-0.39, 0.29) is 6.23 Å². The molecular formula is C6H13NO2. The van der Waals surface area contributed by atoms with Crippen LogP contribution in [0.2, 0.25) is 0 Å². The molecule has 1 saturated heterocycles. The normalized spacial score (nSPS) is 29.0. The van der Waals surface area contributed by atoms with Gasteiger partial charge in [0.25, 0.3) is 0 Å². The summed E-state index contributed by atoms with van der Waals surface area (Å²) in [6.07, 6.45) is 0.166. The van der Waals surface area contributed by atoms with E-state index in [2.05, 4.69) is 0 Å². The van der Waals surface area contributed by atoms with Gasteiger partial charge in [-0.3, -0.25) is 4.90 Å². The molecule has 1 rings (SSSR count). The summed E-state index contributed by atoms with van der Waals surface area (Å²) < 4.78 is 10.5. The van der Waals surface area contributed by atoms with Gasteiger partial charge in [-0.05, 0) is 14.1 Å². The Hall–Kier alpha value is -0.120. The predicted molar refractivity (Wildman–Crippen MR) is 34.2 cm³/mol. The number of ether oxygens (including phenoxy) is 2. The molecule has 0 aromatic heterocycles. The average molecular weight is 131 g/mol. The molecule has 1 heterocycles. The zero-order chi connectivity index (χ0) is 6.69. The number of rotatable bonds is 1. The molecule has 1 atom stereocenters. The van der Waals surface area contributed by atoms with Crippen molar-refractivity contribution in [3.05, 3.63) is 0 Å². The fourth-order valence-electron chi connectivity index (χ4n) is 0.773. The quantitative estimate of drug-likeness (QED) is 0.497. The van der Waals surface area contributed by atoms with Crippen LogP contribution in [0.3, 0.4) is 0 Å². The van der Waals surface area contributed by atoms with Crippen molar-refractivity contribution < 1.29 is 9.47 Å². The molecular weight excluding hydrogens is 118 g/mol. The van der Waals surface area contributed by atoms with Crippen molar-refractivity contribution >= 4 is 0 Å². The molecule has 0 aliphatic carbocycles. The second-order valence-electron chi connectivity index (χ2n) is 2.36. The predicted octanol–water partition coefficient (Wildman–Crippen LogP) is -0.0791. The van der Waals surface area contributed by atoms with Crippen LogP contribution >= 0.6 is 0 Å². The van der Waals surface area contributed by atoms with E-state index in [1.807, 2.05) is 19.0 Å². The number of hydrogen-bond donors (Lipinski definition) is 0. The molecule has 0 spiro atoms. The van der Waals surface area contributed by atoms with Gasteiger partial charge in [-0.2, -0.15) is 0 Å². The third-order valence-corrected chi connectivity index (χ3v) is 1.37. The molecule has 1 fully saturated rings. The van der Waals surface area contributed by atoms with Gasteiger partial charge in [0.2, 0.25) is 0 Å². The molecule has 0 aromatic carbocycles. The standard InChI is InChI=1S/C6H13NO2/c1-7(2)6-5-8-3-4-9-6/h6H,3-5H2,1-2H3/t6-/m1/s1. The Morgan fingerprint density at radius 2 is 2.11 bits per heavy atom. The van der Waals surface area contributed by atoms with E-state index in [1.165, 1.54) is 0 Å². The van der Waals surface area contributed by atoms with Crippen molar-refractivity contribution in [2.45, 2.75) is 6.23 Å². The first-order valence-corrected chi connectivity index (χ1v) is 3.16. The third-order valence-electron chi connectivity index (χ3n) is 1.37. The lowest BCUT2D eigenvalue weighted by molar-refractivity contribution is -0.141. The van der Waals surface area contributed by atoms with E-state index in [0.29, 0.717) is 6.61 Å². The minimum Gasteiger partial charge on any atom is -0.375 e. The maximum atomic E-state index is 5.34. The number of likely N-dealkylation sites (N-methyl/N-ethyl adjacent to an activating group) is 1. The van der Waals surface area contributed by atoms with E-state index < -0.39 is 0 Å². The highest BCUT2D eigenvalue weighted by molar-refractivity contribution is 4.55. The topological polar surface area (TPSA) is 21.7 Å². The lowest BCUT2D eigenvalue weighted by atomic mass is 10.5. The Labute approximate surface area is 55.5 Å². The first kappa shape index (κ1) is 6.99. The molecule has 1 aliphatic rings. The highest BCUT2D eigenvalue weighted by Gasteiger charge is 2.14. The Kier molecular flexibility index (Phi) is 2.45. The number of hydrogen-bond acceptors (Lipinski definition) is 3. The van der Waals surface area contributed by atoms with Gasteiger partial charge < -0.3 is 9.47 Å². The van der Waals surface area contributed by atoms with Gasteiger partial charge in [0.1, 0.15) is 6.23 Å². The lowest BCUT2D eigenvalue weighted by Crippen LogP contribution is -2.39. The first-order valence-electron chi connectivity index (χ1n) is 3.16. The van der Waals surface area contributed by atoms with Crippen molar-refractivity contribution in [3.63, 3.8) is 0 Å². The second-order valence-corrected chi connectivity index (χ2v) is 2.36. The molecule has 3 nitrogen and oxygen atoms in total. The van der Waals surface area contributed by atoms with Crippen LogP contribution in [0.4, 0.5) is 0 Å². The van der Waals surface area contributed by atoms with Crippen LogP contribution in [0, 0.1) is 0 Å². The maximum absolute atomic E-state index is 5.34. The number of nitrogens with zero attached hydrogens (tertiary/aromatic N) is 1. The molecule has 9 heavy (non-hydrogen) atoms. The van der Waals surface area contributed by atoms with Crippen LogP contribution in [0.15, 0.2) is 0 Å². The van der Waals surface area contributed by atoms with E-state index >= 15 is 0 Å². The summed E-state index contributed by atoms with van der Waals surface area (Å²) in [7, 11) is 3.97. The summed E-state index contributed by atoms with van der Waals surface area (Å²) in [5.74, 6) is 0. The summed E-state index contributed by atoms with van der Waals surface area (Å²) in [5, 5.41) is 0. The van der Waals surface area contributed by atoms with Crippen LogP contribution < -0.4 is 0 Å². The Bertz CT molecular complexity index is 79.1. The molecule has 3 heteroatoms. The molecule has 0 bridgehead atoms. The smallest absolute Gasteiger partial charge is 0.133 e. The fourth-order valence-corrected chi connectivity index (χ4v) is 0.773. The van der Waals surface area contributed by atoms with Gasteiger partial charge in [0.05, 0.1) is 19.8 Å². The summed E-state index contributed by atoms with van der Waals surface area (Å²) in [6.45, 7) is 2.17. The van der Waals surface area contributed by atoms with Gasteiger partial charge in [0, 0.05) is 0 Å². The lowest BCUT2D eigenvalue weighted by Gasteiger charge is -2.27. The van der Waals surface area contributed by atoms with Crippen molar-refractivity contribution in [2.75, 3.05) is 33.9 Å². The second kappa shape index (κ2) is 3.15. The van der Waals surface area contributed by atoms with E-state index in [1.54, 1.807) is 0 Å². The summed E-state index contributed by atoms with van der Waals surface area (Å²) in [5.41, 5.74) is 0. The van der Waals surface area contributed by atoms with Crippen molar-refractivity contribution in [3.8, 4) is 0 Å². The summed E-state index contributed by atoms with van der Waals surface area (Å²) >= 11 is 0. The van der Waals surface area contributed by atoms with E-state index in [0.717, 1.165) is 13.2 Å². The van der Waals surface area contributed by atoms with E-state index in [9.17, 15) is 0 Å². The summed E-state index contributed by atoms with van der Waals surface area (Å²) in [4.78, 5) is 2.01. The minimum absolute atomic E-state index is 0.166.